The fourth-order valence-electron chi connectivity index (χ4n) is 2.27. The fourth-order valence-corrected chi connectivity index (χ4v) is 2.27. The van der Waals surface area contributed by atoms with Crippen molar-refractivity contribution in [3.05, 3.63) is 29.8 Å². The number of nitrogens with one attached hydrogen (secondary N) is 1. The first-order chi connectivity index (χ1) is 9.22. The summed E-state index contributed by atoms with van der Waals surface area (Å²) in [6, 6.07) is 7.11. The Balaban J connectivity index is 1.61. The minimum absolute atomic E-state index is 0.0612. The molecule has 4 nitrogen and oxygen atoms in total. The normalized spacial score (nSPS) is 22.1. The van der Waals surface area contributed by atoms with Crippen LogP contribution in [0.1, 0.15) is 36.0 Å². The van der Waals surface area contributed by atoms with Crippen molar-refractivity contribution >= 4 is 11.7 Å². The monoisotopic (exact) mass is 259 g/mol. The highest BCUT2D eigenvalue weighted by atomic mass is 16.5. The third kappa shape index (κ3) is 2.95. The zero-order valence-electron chi connectivity index (χ0n) is 10.7. The van der Waals surface area contributed by atoms with Crippen LogP contribution >= 0.6 is 0 Å². The van der Waals surface area contributed by atoms with E-state index in [1.165, 1.54) is 12.8 Å². The van der Waals surface area contributed by atoms with Crippen LogP contribution in [0, 0.1) is 5.92 Å². The van der Waals surface area contributed by atoms with Crippen LogP contribution < -0.4 is 10.1 Å². The van der Waals surface area contributed by atoms with Gasteiger partial charge in [0.25, 0.3) is 5.91 Å². The van der Waals surface area contributed by atoms with E-state index in [9.17, 15) is 9.59 Å². The molecule has 1 heterocycles. The van der Waals surface area contributed by atoms with E-state index in [2.05, 4.69) is 5.32 Å². The summed E-state index contributed by atoms with van der Waals surface area (Å²) in [5, 5.41) is 2.73. The van der Waals surface area contributed by atoms with E-state index in [0.717, 1.165) is 5.56 Å². The molecule has 0 spiro atoms. The first-order valence-corrected chi connectivity index (χ1v) is 6.80. The minimum Gasteiger partial charge on any atom is -0.481 e. The van der Waals surface area contributed by atoms with Gasteiger partial charge in [-0.05, 0) is 43.0 Å². The van der Waals surface area contributed by atoms with Crippen LogP contribution in [0.4, 0.5) is 0 Å². The smallest absolute Gasteiger partial charge is 0.261 e. The van der Waals surface area contributed by atoms with Gasteiger partial charge in [-0.1, -0.05) is 0 Å². The standard InChI is InChI=1S/C15H17NO3/c17-13(9-10-1-2-10)11-3-5-12(6-4-11)19-14-7-8-16-15(14)18/h3-6,10,14H,1-2,7-9H2,(H,16,18)/t14-/m1/s1. The molecule has 0 unspecified atom stereocenters. The molecule has 2 aliphatic rings. The summed E-state index contributed by atoms with van der Waals surface area (Å²) in [6.07, 6.45) is 3.33. The predicted molar refractivity (Wildman–Crippen MR) is 70.2 cm³/mol. The molecule has 1 aliphatic heterocycles. The predicted octanol–water partition coefficient (Wildman–Crippen LogP) is 1.94. The Morgan fingerprint density at radius 3 is 2.53 bits per heavy atom. The van der Waals surface area contributed by atoms with Crippen LogP contribution in [0.5, 0.6) is 5.75 Å². The van der Waals surface area contributed by atoms with Crippen molar-refractivity contribution in [2.75, 3.05) is 6.54 Å². The molecule has 1 saturated carbocycles. The van der Waals surface area contributed by atoms with Crippen LogP contribution in [-0.4, -0.2) is 24.3 Å². The number of Topliss-reactive ketones (excluding diaryl/α,β-unsaturated/α-hetero) is 1. The van der Waals surface area contributed by atoms with Gasteiger partial charge < -0.3 is 10.1 Å². The number of carbonyl (C=O) groups is 2. The summed E-state index contributed by atoms with van der Waals surface area (Å²) < 4.78 is 5.59. The number of benzene rings is 1. The molecule has 3 rings (SSSR count). The number of rotatable bonds is 5. The van der Waals surface area contributed by atoms with Gasteiger partial charge in [-0.3, -0.25) is 9.59 Å². The zero-order valence-corrected chi connectivity index (χ0v) is 10.7. The molecule has 1 aromatic carbocycles. The van der Waals surface area contributed by atoms with Crippen molar-refractivity contribution in [3.63, 3.8) is 0 Å². The molecule has 1 atom stereocenters. The third-order valence-electron chi connectivity index (χ3n) is 3.62. The average molecular weight is 259 g/mol. The van der Waals surface area contributed by atoms with E-state index in [4.69, 9.17) is 4.74 Å². The molecular weight excluding hydrogens is 242 g/mol. The van der Waals surface area contributed by atoms with Crippen LogP contribution in [0.25, 0.3) is 0 Å². The number of hydrogen-bond donors (Lipinski definition) is 1. The Bertz CT molecular complexity index is 491. The highest BCUT2D eigenvalue weighted by Gasteiger charge is 2.26. The van der Waals surface area contributed by atoms with E-state index in [1.807, 2.05) is 0 Å². The molecular formula is C15H17NO3. The van der Waals surface area contributed by atoms with Crippen molar-refractivity contribution in [2.45, 2.75) is 31.8 Å². The van der Waals surface area contributed by atoms with Crippen molar-refractivity contribution < 1.29 is 14.3 Å². The van der Waals surface area contributed by atoms with Gasteiger partial charge in [0.15, 0.2) is 11.9 Å². The first-order valence-electron chi connectivity index (χ1n) is 6.80. The highest BCUT2D eigenvalue weighted by molar-refractivity contribution is 5.96. The lowest BCUT2D eigenvalue weighted by Gasteiger charge is -2.11. The third-order valence-corrected chi connectivity index (χ3v) is 3.62. The fraction of sp³-hybridized carbons (Fsp3) is 0.467. The summed E-state index contributed by atoms with van der Waals surface area (Å²) >= 11 is 0. The second kappa shape index (κ2) is 5.03. The molecule has 1 aromatic rings. The zero-order chi connectivity index (χ0) is 13.2. The van der Waals surface area contributed by atoms with Gasteiger partial charge in [-0.2, -0.15) is 0 Å². The summed E-state index contributed by atoms with van der Waals surface area (Å²) in [5.74, 6) is 1.39. The molecule has 1 saturated heterocycles. The Morgan fingerprint density at radius 1 is 1.21 bits per heavy atom. The van der Waals surface area contributed by atoms with Crippen LogP contribution in [0.2, 0.25) is 0 Å². The van der Waals surface area contributed by atoms with Crippen LogP contribution in [0.15, 0.2) is 24.3 Å². The van der Waals surface area contributed by atoms with Crippen molar-refractivity contribution in [3.8, 4) is 5.75 Å². The maximum Gasteiger partial charge on any atom is 0.261 e. The number of carbonyl (C=O) groups excluding carboxylic acids is 2. The molecule has 1 aliphatic carbocycles. The van der Waals surface area contributed by atoms with E-state index in [1.54, 1.807) is 24.3 Å². The lowest BCUT2D eigenvalue weighted by atomic mass is 10.1. The molecule has 2 fully saturated rings. The van der Waals surface area contributed by atoms with Gasteiger partial charge in [0.2, 0.25) is 0 Å². The summed E-state index contributed by atoms with van der Waals surface area (Å²) in [7, 11) is 0. The SMILES string of the molecule is O=C(CC1CC1)c1ccc(O[C@@H]2CCNC2=O)cc1. The Morgan fingerprint density at radius 2 is 1.95 bits per heavy atom. The highest BCUT2D eigenvalue weighted by Crippen LogP contribution is 2.33. The van der Waals surface area contributed by atoms with Crippen LogP contribution in [-0.2, 0) is 4.79 Å². The maximum absolute atomic E-state index is 11.9. The van der Waals surface area contributed by atoms with E-state index in [0.29, 0.717) is 31.1 Å². The molecule has 1 amide bonds. The molecule has 4 heteroatoms. The number of ether oxygens (including phenoxy) is 1. The number of amides is 1. The second-order valence-corrected chi connectivity index (χ2v) is 5.28. The molecule has 19 heavy (non-hydrogen) atoms. The molecule has 0 aromatic heterocycles. The maximum atomic E-state index is 11.9. The lowest BCUT2D eigenvalue weighted by Crippen LogP contribution is -2.27. The molecule has 1 N–H and O–H groups in total. The largest absolute Gasteiger partial charge is 0.481 e. The Kier molecular flexibility index (Phi) is 3.23. The van der Waals surface area contributed by atoms with Gasteiger partial charge >= 0.3 is 0 Å². The topological polar surface area (TPSA) is 55.4 Å². The molecule has 0 bridgehead atoms. The summed E-state index contributed by atoms with van der Waals surface area (Å²) in [6.45, 7) is 0.668. The quantitative estimate of drug-likeness (QED) is 0.822. The summed E-state index contributed by atoms with van der Waals surface area (Å²) in [4.78, 5) is 23.3. The first kappa shape index (κ1) is 12.2. The van der Waals surface area contributed by atoms with E-state index < -0.39 is 6.10 Å². The Hall–Kier alpha value is -1.84. The van der Waals surface area contributed by atoms with Crippen LogP contribution in [0.3, 0.4) is 0 Å². The van der Waals surface area contributed by atoms with Crippen molar-refractivity contribution in [1.82, 2.24) is 5.32 Å². The Labute approximate surface area is 112 Å². The number of hydrogen-bond acceptors (Lipinski definition) is 3. The molecule has 0 radical (unpaired) electrons. The van der Waals surface area contributed by atoms with E-state index in [-0.39, 0.29) is 11.7 Å². The minimum atomic E-state index is -0.395. The van der Waals surface area contributed by atoms with E-state index >= 15 is 0 Å². The van der Waals surface area contributed by atoms with Crippen molar-refractivity contribution in [2.24, 2.45) is 5.92 Å². The average Bonchev–Trinajstić information content (AvgIpc) is 3.14. The van der Waals surface area contributed by atoms with Gasteiger partial charge in [0, 0.05) is 24.9 Å². The second-order valence-electron chi connectivity index (χ2n) is 5.28. The molecule has 100 valence electrons. The van der Waals surface area contributed by atoms with Crippen molar-refractivity contribution in [1.29, 1.82) is 0 Å². The number of ketones is 1. The van der Waals surface area contributed by atoms with Gasteiger partial charge in [-0.15, -0.1) is 0 Å². The van der Waals surface area contributed by atoms with Gasteiger partial charge in [0.1, 0.15) is 5.75 Å². The van der Waals surface area contributed by atoms with Gasteiger partial charge in [0.05, 0.1) is 0 Å². The lowest BCUT2D eigenvalue weighted by molar-refractivity contribution is -0.124. The summed E-state index contributed by atoms with van der Waals surface area (Å²) in [5.41, 5.74) is 0.732. The van der Waals surface area contributed by atoms with Gasteiger partial charge in [-0.25, -0.2) is 0 Å².